The third-order valence-electron chi connectivity index (χ3n) is 5.05. The van der Waals surface area contributed by atoms with Gasteiger partial charge in [-0.05, 0) is 48.9 Å². The molecule has 1 aliphatic heterocycles. The molecule has 1 amide bonds. The van der Waals surface area contributed by atoms with Gasteiger partial charge >= 0.3 is 0 Å². The summed E-state index contributed by atoms with van der Waals surface area (Å²) >= 11 is 0. The molecule has 1 fully saturated rings. The van der Waals surface area contributed by atoms with E-state index >= 15 is 0 Å². The molecule has 0 atom stereocenters. The quantitative estimate of drug-likeness (QED) is 0.754. The molecule has 4 heteroatoms. The minimum absolute atomic E-state index is 0.143. The molecule has 4 nitrogen and oxygen atoms in total. The van der Waals surface area contributed by atoms with Gasteiger partial charge in [-0.3, -0.25) is 4.79 Å². The summed E-state index contributed by atoms with van der Waals surface area (Å²) in [5.74, 6) is 6.22. The maximum absolute atomic E-state index is 12.8. The number of hydrogen-bond acceptors (Lipinski definition) is 3. The van der Waals surface area contributed by atoms with Crippen molar-refractivity contribution in [3.63, 3.8) is 0 Å². The van der Waals surface area contributed by atoms with Crippen LogP contribution in [-0.4, -0.2) is 33.4 Å². The van der Waals surface area contributed by atoms with Crippen LogP contribution < -0.4 is 0 Å². The Kier molecular flexibility index (Phi) is 4.47. The van der Waals surface area contributed by atoms with Gasteiger partial charge in [0.2, 0.25) is 0 Å². The topological polar surface area (TPSA) is 46.1 Å². The SMILES string of the molecule is O=C1c2ccc(C#Cc3ccccn3)nc2CCN1C1CCCCC1. The monoisotopic (exact) mass is 331 g/mol. The average Bonchev–Trinajstić information content (AvgIpc) is 2.68. The normalized spacial score (nSPS) is 17.6. The van der Waals surface area contributed by atoms with Gasteiger partial charge in [0, 0.05) is 25.2 Å². The first-order valence-corrected chi connectivity index (χ1v) is 9.05. The van der Waals surface area contributed by atoms with Gasteiger partial charge in [-0.1, -0.05) is 25.3 Å². The van der Waals surface area contributed by atoms with Crippen molar-refractivity contribution in [1.29, 1.82) is 0 Å². The highest BCUT2D eigenvalue weighted by Gasteiger charge is 2.31. The second kappa shape index (κ2) is 7.06. The molecule has 0 aromatic carbocycles. The van der Waals surface area contributed by atoms with Crippen LogP contribution in [-0.2, 0) is 6.42 Å². The van der Waals surface area contributed by atoms with Gasteiger partial charge in [-0.15, -0.1) is 0 Å². The Morgan fingerprint density at radius 1 is 1.00 bits per heavy atom. The minimum atomic E-state index is 0.143. The zero-order valence-electron chi connectivity index (χ0n) is 14.2. The molecule has 2 aliphatic rings. The summed E-state index contributed by atoms with van der Waals surface area (Å²) in [5, 5.41) is 0. The molecule has 1 aliphatic carbocycles. The highest BCUT2D eigenvalue weighted by Crippen LogP contribution is 2.27. The molecule has 1 saturated carbocycles. The highest BCUT2D eigenvalue weighted by atomic mass is 16.2. The molecule has 0 bridgehead atoms. The number of carbonyl (C=O) groups is 1. The Bertz CT molecular complexity index is 829. The summed E-state index contributed by atoms with van der Waals surface area (Å²) < 4.78 is 0. The van der Waals surface area contributed by atoms with Crippen molar-refractivity contribution in [2.24, 2.45) is 0 Å². The number of nitrogens with zero attached hydrogens (tertiary/aromatic N) is 3. The fraction of sp³-hybridized carbons (Fsp3) is 0.381. The van der Waals surface area contributed by atoms with Gasteiger partial charge in [0.15, 0.2) is 0 Å². The number of hydrogen-bond donors (Lipinski definition) is 0. The van der Waals surface area contributed by atoms with Gasteiger partial charge < -0.3 is 4.90 Å². The molecular weight excluding hydrogens is 310 g/mol. The first-order chi connectivity index (χ1) is 12.3. The second-order valence-corrected chi connectivity index (χ2v) is 6.70. The highest BCUT2D eigenvalue weighted by molar-refractivity contribution is 5.96. The smallest absolute Gasteiger partial charge is 0.255 e. The lowest BCUT2D eigenvalue weighted by atomic mass is 9.92. The van der Waals surface area contributed by atoms with Crippen molar-refractivity contribution in [3.8, 4) is 11.8 Å². The predicted molar refractivity (Wildman–Crippen MR) is 96.1 cm³/mol. The first-order valence-electron chi connectivity index (χ1n) is 9.05. The average molecular weight is 331 g/mol. The van der Waals surface area contributed by atoms with E-state index in [1.54, 1.807) is 6.20 Å². The fourth-order valence-electron chi connectivity index (χ4n) is 3.74. The maximum atomic E-state index is 12.8. The molecule has 3 heterocycles. The largest absolute Gasteiger partial charge is 0.335 e. The van der Waals surface area contributed by atoms with Crippen LogP contribution in [0.1, 0.15) is 59.5 Å². The van der Waals surface area contributed by atoms with E-state index in [0.29, 0.717) is 11.7 Å². The van der Waals surface area contributed by atoms with Crippen LogP contribution >= 0.6 is 0 Å². The number of aromatic nitrogens is 2. The van der Waals surface area contributed by atoms with Crippen molar-refractivity contribution in [2.45, 2.75) is 44.6 Å². The summed E-state index contributed by atoms with van der Waals surface area (Å²) in [6, 6.07) is 9.80. The lowest BCUT2D eigenvalue weighted by molar-refractivity contribution is 0.0612. The molecule has 25 heavy (non-hydrogen) atoms. The van der Waals surface area contributed by atoms with E-state index in [2.05, 4.69) is 26.7 Å². The fourth-order valence-corrected chi connectivity index (χ4v) is 3.74. The van der Waals surface area contributed by atoms with Crippen molar-refractivity contribution < 1.29 is 4.79 Å². The van der Waals surface area contributed by atoms with Crippen LogP contribution in [0.2, 0.25) is 0 Å². The summed E-state index contributed by atoms with van der Waals surface area (Å²) in [4.78, 5) is 23.7. The summed E-state index contributed by atoms with van der Waals surface area (Å²) in [6.45, 7) is 0.778. The first kappa shape index (κ1) is 15.8. The van der Waals surface area contributed by atoms with Crippen LogP contribution in [0.25, 0.3) is 0 Å². The van der Waals surface area contributed by atoms with Gasteiger partial charge in [0.05, 0.1) is 11.3 Å². The maximum Gasteiger partial charge on any atom is 0.255 e. The van der Waals surface area contributed by atoms with Crippen molar-refractivity contribution in [3.05, 3.63) is 59.2 Å². The molecule has 2 aromatic rings. The third kappa shape index (κ3) is 3.41. The van der Waals surface area contributed by atoms with Crippen molar-refractivity contribution >= 4 is 5.91 Å². The lowest BCUT2D eigenvalue weighted by Gasteiger charge is -2.37. The van der Waals surface area contributed by atoms with Gasteiger partial charge in [0.1, 0.15) is 11.4 Å². The molecule has 0 N–H and O–H groups in total. The second-order valence-electron chi connectivity index (χ2n) is 6.70. The molecule has 0 unspecified atom stereocenters. The van der Waals surface area contributed by atoms with Crippen LogP contribution in [0.3, 0.4) is 0 Å². The number of pyridine rings is 2. The Morgan fingerprint density at radius 2 is 1.84 bits per heavy atom. The Hall–Kier alpha value is -2.67. The minimum Gasteiger partial charge on any atom is -0.335 e. The van der Waals surface area contributed by atoms with Crippen LogP contribution in [0.4, 0.5) is 0 Å². The number of amides is 1. The van der Waals surface area contributed by atoms with Crippen molar-refractivity contribution in [1.82, 2.24) is 14.9 Å². The van der Waals surface area contributed by atoms with E-state index in [4.69, 9.17) is 0 Å². The molecule has 0 saturated heterocycles. The van der Waals surface area contributed by atoms with Crippen LogP contribution in [0.5, 0.6) is 0 Å². The molecular formula is C21H21N3O. The molecule has 2 aromatic heterocycles. The Morgan fingerprint density at radius 3 is 2.64 bits per heavy atom. The van der Waals surface area contributed by atoms with Gasteiger partial charge in [0.25, 0.3) is 5.91 Å². The van der Waals surface area contributed by atoms with Crippen molar-refractivity contribution in [2.75, 3.05) is 6.54 Å². The van der Waals surface area contributed by atoms with E-state index in [-0.39, 0.29) is 5.91 Å². The third-order valence-corrected chi connectivity index (χ3v) is 5.05. The molecule has 126 valence electrons. The van der Waals surface area contributed by atoms with E-state index in [0.717, 1.165) is 42.8 Å². The van der Waals surface area contributed by atoms with Crippen LogP contribution in [0, 0.1) is 11.8 Å². The summed E-state index contributed by atoms with van der Waals surface area (Å²) in [6.07, 6.45) is 8.60. The number of fused-ring (bicyclic) bond motifs is 1. The summed E-state index contributed by atoms with van der Waals surface area (Å²) in [5.41, 5.74) is 3.05. The molecule has 4 rings (SSSR count). The molecule has 0 spiro atoms. The van der Waals surface area contributed by atoms with E-state index in [9.17, 15) is 4.79 Å². The Labute approximate surface area is 148 Å². The standard InChI is InChI=1S/C21H21N3O/c25-21-19-12-11-17(10-9-16-6-4-5-14-22-16)23-20(19)13-15-24(21)18-7-2-1-3-8-18/h4-6,11-12,14,18H,1-3,7-8,13,15H2. The van der Waals surface area contributed by atoms with E-state index in [1.807, 2.05) is 30.3 Å². The van der Waals surface area contributed by atoms with E-state index in [1.165, 1.54) is 19.3 Å². The van der Waals surface area contributed by atoms with Gasteiger partial charge in [-0.2, -0.15) is 0 Å². The zero-order valence-corrected chi connectivity index (χ0v) is 14.2. The lowest BCUT2D eigenvalue weighted by Crippen LogP contribution is -2.45. The van der Waals surface area contributed by atoms with E-state index < -0.39 is 0 Å². The zero-order chi connectivity index (χ0) is 17.1. The Balaban J connectivity index is 1.54. The van der Waals surface area contributed by atoms with Crippen LogP contribution in [0.15, 0.2) is 36.5 Å². The summed E-state index contributed by atoms with van der Waals surface area (Å²) in [7, 11) is 0. The molecule has 0 radical (unpaired) electrons. The number of rotatable bonds is 1. The number of carbonyl (C=O) groups excluding carboxylic acids is 1. The predicted octanol–water partition coefficient (Wildman–Crippen LogP) is 3.21. The van der Waals surface area contributed by atoms with Gasteiger partial charge in [-0.25, -0.2) is 9.97 Å².